The molecule has 1 aliphatic heterocycles. The number of aliphatic hydroxyl groups excluding tert-OH is 1. The van der Waals surface area contributed by atoms with Crippen LogP contribution in [0, 0.1) is 0 Å². The number of rotatable bonds is 7. The van der Waals surface area contributed by atoms with E-state index < -0.39 is 5.91 Å². The van der Waals surface area contributed by atoms with Crippen LogP contribution in [0.3, 0.4) is 0 Å². The summed E-state index contributed by atoms with van der Waals surface area (Å²) in [4.78, 5) is 28.3. The molecule has 1 unspecified atom stereocenters. The lowest BCUT2D eigenvalue weighted by atomic mass is 10.2. The predicted molar refractivity (Wildman–Crippen MR) is 77.8 cm³/mol. The Morgan fingerprint density at radius 3 is 2.95 bits per heavy atom. The number of aromatic nitrogens is 1. The third-order valence-electron chi connectivity index (χ3n) is 3.52. The molecule has 1 aromatic rings. The van der Waals surface area contributed by atoms with Gasteiger partial charge in [0.05, 0.1) is 13.2 Å². The number of aliphatic hydroxyl groups is 1. The van der Waals surface area contributed by atoms with E-state index in [1.54, 1.807) is 18.3 Å². The van der Waals surface area contributed by atoms with Crippen molar-refractivity contribution in [3.63, 3.8) is 0 Å². The summed E-state index contributed by atoms with van der Waals surface area (Å²) in [6.07, 6.45) is 3.84. The number of hydrogen-bond donors (Lipinski definition) is 4. The van der Waals surface area contributed by atoms with E-state index in [0.29, 0.717) is 24.8 Å². The van der Waals surface area contributed by atoms with Crippen LogP contribution >= 0.6 is 0 Å². The molecule has 116 valence electrons. The summed E-state index contributed by atoms with van der Waals surface area (Å²) >= 11 is 0. The van der Waals surface area contributed by atoms with E-state index in [9.17, 15) is 9.59 Å². The van der Waals surface area contributed by atoms with Gasteiger partial charge in [0.25, 0.3) is 5.91 Å². The van der Waals surface area contributed by atoms with Gasteiger partial charge in [0.1, 0.15) is 5.69 Å². The summed E-state index contributed by atoms with van der Waals surface area (Å²) in [7, 11) is 0. The predicted octanol–water partition coefficient (Wildman–Crippen LogP) is -0.683. The molecule has 0 bridgehead atoms. The molecule has 0 spiro atoms. The molecule has 7 heteroatoms. The van der Waals surface area contributed by atoms with Crippen LogP contribution < -0.4 is 10.6 Å². The second-order valence-corrected chi connectivity index (χ2v) is 5.21. The largest absolute Gasteiger partial charge is 0.395 e. The van der Waals surface area contributed by atoms with Crippen LogP contribution in [0.25, 0.3) is 0 Å². The topological polar surface area (TPSA) is 97.5 Å². The van der Waals surface area contributed by atoms with Gasteiger partial charge in [-0.25, -0.2) is 0 Å². The minimum absolute atomic E-state index is 0.00935. The lowest BCUT2D eigenvalue weighted by Gasteiger charge is -2.24. The highest BCUT2D eigenvalue weighted by Crippen LogP contribution is 2.06. The van der Waals surface area contributed by atoms with E-state index in [4.69, 9.17) is 5.11 Å². The van der Waals surface area contributed by atoms with Crippen LogP contribution in [0.1, 0.15) is 23.3 Å². The Morgan fingerprint density at radius 2 is 2.33 bits per heavy atom. The third kappa shape index (κ3) is 4.96. The molecule has 21 heavy (non-hydrogen) atoms. The van der Waals surface area contributed by atoms with Gasteiger partial charge in [-0.05, 0) is 31.5 Å². The van der Waals surface area contributed by atoms with Crippen LogP contribution in [-0.4, -0.2) is 65.6 Å². The van der Waals surface area contributed by atoms with E-state index in [1.165, 1.54) is 0 Å². The standard InChI is InChI=1S/C14H22N4O3/c19-8-7-18(9-11-3-1-5-15-11)10-13(20)17-14(21)12-4-2-6-16-12/h2,4,6,11,15-16,19H,1,3,5,7-10H2,(H,17,20,21). The van der Waals surface area contributed by atoms with Crippen molar-refractivity contribution in [2.75, 3.05) is 32.8 Å². The fraction of sp³-hybridized carbons (Fsp3) is 0.571. The Kier molecular flexibility index (Phi) is 5.91. The number of nitrogens with zero attached hydrogens (tertiary/aromatic N) is 1. The number of nitrogens with one attached hydrogen (secondary N) is 3. The zero-order valence-corrected chi connectivity index (χ0v) is 12.0. The van der Waals surface area contributed by atoms with E-state index in [0.717, 1.165) is 19.4 Å². The van der Waals surface area contributed by atoms with Crippen LogP contribution in [-0.2, 0) is 4.79 Å². The second-order valence-electron chi connectivity index (χ2n) is 5.21. The summed E-state index contributed by atoms with van der Waals surface area (Å²) in [5.41, 5.74) is 0.356. The minimum atomic E-state index is -0.437. The van der Waals surface area contributed by atoms with Gasteiger partial charge >= 0.3 is 0 Å². The van der Waals surface area contributed by atoms with Gasteiger partial charge in [0.15, 0.2) is 0 Å². The van der Waals surface area contributed by atoms with Crippen LogP contribution in [0.5, 0.6) is 0 Å². The Morgan fingerprint density at radius 1 is 1.48 bits per heavy atom. The second kappa shape index (κ2) is 7.92. The van der Waals surface area contributed by atoms with Crippen molar-refractivity contribution < 1.29 is 14.7 Å². The molecule has 1 aromatic heterocycles. The third-order valence-corrected chi connectivity index (χ3v) is 3.52. The zero-order chi connectivity index (χ0) is 15.1. The molecular formula is C14H22N4O3. The first kappa shape index (κ1) is 15.7. The normalized spacial score (nSPS) is 18.1. The molecule has 0 saturated carbocycles. The fourth-order valence-corrected chi connectivity index (χ4v) is 2.51. The number of H-pyrrole nitrogens is 1. The molecule has 2 heterocycles. The van der Waals surface area contributed by atoms with Crippen molar-refractivity contribution >= 4 is 11.8 Å². The van der Waals surface area contributed by atoms with Crippen molar-refractivity contribution in [2.24, 2.45) is 0 Å². The maximum Gasteiger partial charge on any atom is 0.274 e. The zero-order valence-electron chi connectivity index (χ0n) is 12.0. The summed E-state index contributed by atoms with van der Waals surface area (Å²) in [5, 5.41) is 14.8. The quantitative estimate of drug-likeness (QED) is 0.534. The van der Waals surface area contributed by atoms with Crippen molar-refractivity contribution in [1.29, 1.82) is 0 Å². The Labute approximate surface area is 123 Å². The maximum atomic E-state index is 11.9. The van der Waals surface area contributed by atoms with Crippen LogP contribution in [0.15, 0.2) is 18.3 Å². The molecule has 1 fully saturated rings. The number of amides is 2. The fourth-order valence-electron chi connectivity index (χ4n) is 2.51. The van der Waals surface area contributed by atoms with Gasteiger partial charge in [-0.2, -0.15) is 0 Å². The molecule has 1 aliphatic rings. The molecule has 2 amide bonds. The van der Waals surface area contributed by atoms with Crippen molar-refractivity contribution in [3.8, 4) is 0 Å². The van der Waals surface area contributed by atoms with E-state index in [2.05, 4.69) is 15.6 Å². The summed E-state index contributed by atoms with van der Waals surface area (Å²) in [5.74, 6) is -0.797. The van der Waals surface area contributed by atoms with Gasteiger partial charge in [0.2, 0.25) is 5.91 Å². The van der Waals surface area contributed by atoms with Gasteiger partial charge in [-0.3, -0.25) is 19.8 Å². The average Bonchev–Trinajstić information content (AvgIpc) is 3.11. The summed E-state index contributed by atoms with van der Waals surface area (Å²) in [6.45, 7) is 2.21. The Hall–Kier alpha value is -1.70. The lowest BCUT2D eigenvalue weighted by Crippen LogP contribution is -2.45. The van der Waals surface area contributed by atoms with Crippen LogP contribution in [0.4, 0.5) is 0 Å². The highest BCUT2D eigenvalue weighted by atomic mass is 16.3. The number of carbonyl (C=O) groups excluding carboxylic acids is 2. The molecule has 4 N–H and O–H groups in total. The Bertz CT molecular complexity index is 455. The van der Waals surface area contributed by atoms with E-state index >= 15 is 0 Å². The van der Waals surface area contributed by atoms with E-state index in [-0.39, 0.29) is 19.1 Å². The Balaban J connectivity index is 1.81. The molecule has 0 aromatic carbocycles. The molecule has 0 aliphatic carbocycles. The molecule has 2 rings (SSSR count). The molecule has 1 atom stereocenters. The highest BCUT2D eigenvalue weighted by molar-refractivity contribution is 6.04. The van der Waals surface area contributed by atoms with Gasteiger partial charge in [0, 0.05) is 25.3 Å². The summed E-state index contributed by atoms with van der Waals surface area (Å²) in [6, 6.07) is 3.66. The lowest BCUT2D eigenvalue weighted by molar-refractivity contribution is -0.121. The van der Waals surface area contributed by atoms with Gasteiger partial charge in [-0.15, -0.1) is 0 Å². The minimum Gasteiger partial charge on any atom is -0.395 e. The van der Waals surface area contributed by atoms with Crippen molar-refractivity contribution in [1.82, 2.24) is 20.5 Å². The summed E-state index contributed by atoms with van der Waals surface area (Å²) < 4.78 is 0. The molecule has 7 nitrogen and oxygen atoms in total. The van der Waals surface area contributed by atoms with Gasteiger partial charge < -0.3 is 15.4 Å². The number of carbonyl (C=O) groups is 2. The monoisotopic (exact) mass is 294 g/mol. The average molecular weight is 294 g/mol. The first-order chi connectivity index (χ1) is 10.2. The molecule has 0 radical (unpaired) electrons. The number of imide groups is 1. The first-order valence-corrected chi connectivity index (χ1v) is 7.23. The van der Waals surface area contributed by atoms with E-state index in [1.807, 2.05) is 4.90 Å². The van der Waals surface area contributed by atoms with Crippen molar-refractivity contribution in [3.05, 3.63) is 24.0 Å². The first-order valence-electron chi connectivity index (χ1n) is 7.23. The molecule has 1 saturated heterocycles. The smallest absolute Gasteiger partial charge is 0.274 e. The number of aromatic amines is 1. The number of hydrogen-bond acceptors (Lipinski definition) is 5. The maximum absolute atomic E-state index is 11.9. The van der Waals surface area contributed by atoms with Crippen molar-refractivity contribution in [2.45, 2.75) is 18.9 Å². The van der Waals surface area contributed by atoms with Gasteiger partial charge in [-0.1, -0.05) is 0 Å². The SMILES string of the molecule is O=C(CN(CCO)CC1CCCN1)NC(=O)c1ccc[nH]1. The molecular weight excluding hydrogens is 272 g/mol. The van der Waals surface area contributed by atoms with Crippen LogP contribution in [0.2, 0.25) is 0 Å². The highest BCUT2D eigenvalue weighted by Gasteiger charge is 2.20.